The van der Waals surface area contributed by atoms with Crippen molar-refractivity contribution in [3.8, 4) is 45.2 Å². The van der Waals surface area contributed by atoms with E-state index in [1.807, 2.05) is 12.1 Å². The zero-order valence-corrected chi connectivity index (χ0v) is 21.5. The fourth-order valence-electron chi connectivity index (χ4n) is 6.48. The molecule has 0 N–H and O–H groups in total. The summed E-state index contributed by atoms with van der Waals surface area (Å²) < 4.78 is 15.8. The standard InChI is InChI=1S/C36H22BNO2/c1-2-10-23(11-3-1)24-18-19-30-34(20-24)39-35-22-25(21-29-28-14-6-9-17-33(28)40-37(30)36(29)35)38-31-15-7-4-12-26(31)27-13-5-8-16-32(27)38/h1-22H. The number of benzene rings is 6. The summed E-state index contributed by atoms with van der Waals surface area (Å²) in [7, 11) is 0. The number of aromatic nitrogens is 1. The van der Waals surface area contributed by atoms with Crippen LogP contribution in [0.15, 0.2) is 133 Å². The molecule has 186 valence electrons. The predicted octanol–water partition coefficient (Wildman–Crippen LogP) is 7.72. The van der Waals surface area contributed by atoms with E-state index < -0.39 is 0 Å². The minimum Gasteiger partial charge on any atom is -0.551 e. The van der Waals surface area contributed by atoms with Crippen LogP contribution in [0.4, 0.5) is 0 Å². The summed E-state index contributed by atoms with van der Waals surface area (Å²) in [5.41, 5.74) is 10.1. The summed E-state index contributed by atoms with van der Waals surface area (Å²) >= 11 is 0. The van der Waals surface area contributed by atoms with E-state index >= 15 is 0 Å². The first kappa shape index (κ1) is 21.7. The van der Waals surface area contributed by atoms with E-state index in [4.69, 9.17) is 9.39 Å². The smallest absolute Gasteiger partial charge is 0.434 e. The Bertz CT molecular complexity index is 2080. The van der Waals surface area contributed by atoms with Crippen LogP contribution in [0.5, 0.6) is 17.2 Å². The Morgan fingerprint density at radius 3 is 2.00 bits per heavy atom. The van der Waals surface area contributed by atoms with Gasteiger partial charge in [0.25, 0.3) is 0 Å². The first-order valence-electron chi connectivity index (χ1n) is 13.6. The molecule has 0 radical (unpaired) electrons. The van der Waals surface area contributed by atoms with E-state index in [9.17, 15) is 0 Å². The van der Waals surface area contributed by atoms with Gasteiger partial charge in [-0.2, -0.15) is 0 Å². The first-order valence-corrected chi connectivity index (χ1v) is 13.6. The number of nitrogens with zero attached hydrogens (tertiary/aromatic N) is 1. The molecule has 0 saturated carbocycles. The van der Waals surface area contributed by atoms with Gasteiger partial charge in [-0.1, -0.05) is 97.1 Å². The summed E-state index contributed by atoms with van der Waals surface area (Å²) in [6.07, 6.45) is 0. The summed E-state index contributed by atoms with van der Waals surface area (Å²) in [4.78, 5) is 0. The van der Waals surface area contributed by atoms with Gasteiger partial charge in [-0.15, -0.1) is 0 Å². The number of hydrogen-bond acceptors (Lipinski definition) is 2. The van der Waals surface area contributed by atoms with Crippen LogP contribution >= 0.6 is 0 Å². The summed E-state index contributed by atoms with van der Waals surface area (Å²) in [6.45, 7) is -0.235. The molecule has 9 rings (SSSR count). The molecule has 0 aliphatic carbocycles. The van der Waals surface area contributed by atoms with E-state index in [0.717, 1.165) is 56.1 Å². The number of fused-ring (bicyclic) bond motifs is 7. The lowest BCUT2D eigenvalue weighted by molar-refractivity contribution is 0.479. The molecule has 7 aromatic rings. The minimum absolute atomic E-state index is 0.235. The molecular weight excluding hydrogens is 489 g/mol. The maximum absolute atomic E-state index is 6.77. The molecule has 0 spiro atoms. The molecule has 2 aliphatic heterocycles. The molecule has 0 atom stereocenters. The normalized spacial score (nSPS) is 12.8. The molecule has 0 unspecified atom stereocenters. The van der Waals surface area contributed by atoms with Gasteiger partial charge >= 0.3 is 6.92 Å². The van der Waals surface area contributed by atoms with E-state index in [2.05, 4.69) is 126 Å². The second-order valence-electron chi connectivity index (χ2n) is 10.5. The highest BCUT2D eigenvalue weighted by atomic mass is 16.5. The number of ether oxygens (including phenoxy) is 1. The van der Waals surface area contributed by atoms with Crippen LogP contribution in [0.1, 0.15) is 0 Å². The highest BCUT2D eigenvalue weighted by Gasteiger charge is 2.41. The summed E-state index contributed by atoms with van der Waals surface area (Å²) in [5, 5.41) is 2.48. The number of rotatable bonds is 2. The van der Waals surface area contributed by atoms with Crippen LogP contribution in [-0.2, 0) is 0 Å². The average Bonchev–Trinajstić information content (AvgIpc) is 3.35. The third-order valence-electron chi connectivity index (χ3n) is 8.27. The van der Waals surface area contributed by atoms with Crippen molar-refractivity contribution in [1.82, 2.24) is 4.57 Å². The Balaban J connectivity index is 1.32. The largest absolute Gasteiger partial charge is 0.551 e. The van der Waals surface area contributed by atoms with Crippen LogP contribution in [0.2, 0.25) is 0 Å². The van der Waals surface area contributed by atoms with E-state index in [0.29, 0.717) is 0 Å². The molecule has 0 amide bonds. The molecule has 1 aromatic heterocycles. The van der Waals surface area contributed by atoms with Gasteiger partial charge in [0.05, 0.1) is 16.7 Å². The maximum atomic E-state index is 6.77. The Kier molecular flexibility index (Phi) is 4.41. The monoisotopic (exact) mass is 511 g/mol. The van der Waals surface area contributed by atoms with Gasteiger partial charge in [0.2, 0.25) is 0 Å². The van der Waals surface area contributed by atoms with Crippen molar-refractivity contribution in [1.29, 1.82) is 0 Å². The van der Waals surface area contributed by atoms with Crippen molar-refractivity contribution < 1.29 is 9.39 Å². The highest BCUT2D eigenvalue weighted by Crippen LogP contribution is 2.42. The van der Waals surface area contributed by atoms with Crippen LogP contribution in [-0.4, -0.2) is 11.5 Å². The molecule has 2 aliphatic rings. The lowest BCUT2D eigenvalue weighted by Crippen LogP contribution is -2.53. The molecule has 4 heteroatoms. The molecule has 40 heavy (non-hydrogen) atoms. The van der Waals surface area contributed by atoms with Crippen LogP contribution < -0.4 is 20.3 Å². The zero-order chi connectivity index (χ0) is 26.2. The number of hydrogen-bond donors (Lipinski definition) is 0. The van der Waals surface area contributed by atoms with Gasteiger partial charge in [-0.05, 0) is 47.0 Å². The lowest BCUT2D eigenvalue weighted by atomic mass is 9.50. The Labute approximate surface area is 232 Å². The molecule has 0 saturated heterocycles. The van der Waals surface area contributed by atoms with Crippen molar-refractivity contribution in [2.75, 3.05) is 0 Å². The average molecular weight is 511 g/mol. The minimum atomic E-state index is -0.235. The molecule has 3 heterocycles. The van der Waals surface area contributed by atoms with Gasteiger partial charge < -0.3 is 14.0 Å². The van der Waals surface area contributed by atoms with Crippen molar-refractivity contribution >= 4 is 39.6 Å². The lowest BCUT2D eigenvalue weighted by Gasteiger charge is -2.33. The second-order valence-corrected chi connectivity index (χ2v) is 10.5. The fourth-order valence-corrected chi connectivity index (χ4v) is 6.48. The predicted molar refractivity (Wildman–Crippen MR) is 164 cm³/mol. The second kappa shape index (κ2) is 8.14. The third kappa shape index (κ3) is 3.02. The van der Waals surface area contributed by atoms with Crippen molar-refractivity contribution in [2.24, 2.45) is 0 Å². The SMILES string of the molecule is c1ccc(-c2ccc3c(c2)Oc2cc(-n4c5ccccc5c5ccccc54)cc4c2B3Oc2ccccc2-4)cc1. The molecule has 0 bridgehead atoms. The van der Waals surface area contributed by atoms with Crippen LogP contribution in [0.25, 0.3) is 49.7 Å². The first-order chi connectivity index (χ1) is 19.8. The van der Waals surface area contributed by atoms with Gasteiger partial charge in [-0.25, -0.2) is 0 Å². The van der Waals surface area contributed by atoms with Gasteiger partial charge in [0, 0.05) is 33.3 Å². The third-order valence-corrected chi connectivity index (χ3v) is 8.27. The van der Waals surface area contributed by atoms with Crippen molar-refractivity contribution in [2.45, 2.75) is 0 Å². The molecular formula is C36H22BNO2. The Morgan fingerprint density at radius 2 is 1.20 bits per heavy atom. The Morgan fingerprint density at radius 1 is 0.500 bits per heavy atom. The van der Waals surface area contributed by atoms with Gasteiger partial charge in [0.1, 0.15) is 17.2 Å². The van der Waals surface area contributed by atoms with Gasteiger partial charge in [-0.3, -0.25) is 0 Å². The number of para-hydroxylation sites is 3. The zero-order valence-electron chi connectivity index (χ0n) is 21.5. The summed E-state index contributed by atoms with van der Waals surface area (Å²) in [6, 6.07) is 46.9. The van der Waals surface area contributed by atoms with E-state index in [-0.39, 0.29) is 6.92 Å². The van der Waals surface area contributed by atoms with Gasteiger partial charge in [0.15, 0.2) is 0 Å². The van der Waals surface area contributed by atoms with E-state index in [1.165, 1.54) is 21.8 Å². The summed E-state index contributed by atoms with van der Waals surface area (Å²) in [5.74, 6) is 2.57. The van der Waals surface area contributed by atoms with Crippen LogP contribution in [0.3, 0.4) is 0 Å². The fraction of sp³-hybridized carbons (Fsp3) is 0. The Hall–Kier alpha value is -5.22. The van der Waals surface area contributed by atoms with Crippen molar-refractivity contribution in [3.63, 3.8) is 0 Å². The highest BCUT2D eigenvalue weighted by molar-refractivity contribution is 6.84. The van der Waals surface area contributed by atoms with Crippen molar-refractivity contribution in [3.05, 3.63) is 133 Å². The quantitative estimate of drug-likeness (QED) is 0.222. The van der Waals surface area contributed by atoms with E-state index in [1.54, 1.807) is 0 Å². The molecule has 3 nitrogen and oxygen atoms in total. The maximum Gasteiger partial charge on any atom is 0.434 e. The molecule has 6 aromatic carbocycles. The molecule has 0 fully saturated rings. The topological polar surface area (TPSA) is 23.4 Å². The van der Waals surface area contributed by atoms with Crippen LogP contribution in [0, 0.1) is 0 Å².